The smallest absolute Gasteiger partial charge is 0.341 e. The molecule has 9 nitrogen and oxygen atoms in total. The van der Waals surface area contributed by atoms with E-state index < -0.39 is 5.97 Å². The van der Waals surface area contributed by atoms with Gasteiger partial charge in [0, 0.05) is 5.69 Å². The summed E-state index contributed by atoms with van der Waals surface area (Å²) in [6.07, 6.45) is 4.03. The number of carbonyl (C=O) groups excluding carboxylic acids is 2. The number of para-hydroxylation sites is 1. The molecule has 0 aliphatic heterocycles. The Bertz CT molecular complexity index is 1350. The number of anilines is 1. The van der Waals surface area contributed by atoms with Crippen LogP contribution in [0, 0.1) is 6.92 Å². The highest BCUT2D eigenvalue weighted by molar-refractivity contribution is 7.99. The van der Waals surface area contributed by atoms with E-state index in [0.717, 1.165) is 17.8 Å². The summed E-state index contributed by atoms with van der Waals surface area (Å²) in [6, 6.07) is 15.3. The van der Waals surface area contributed by atoms with Crippen LogP contribution in [0.3, 0.4) is 0 Å². The molecule has 0 aliphatic rings. The largest absolute Gasteiger partial charge is 0.462 e. The summed E-state index contributed by atoms with van der Waals surface area (Å²) in [5.74, 6) is -0.410. The molecule has 2 aromatic carbocycles. The van der Waals surface area contributed by atoms with E-state index in [4.69, 9.17) is 4.74 Å². The van der Waals surface area contributed by atoms with E-state index >= 15 is 0 Å². The van der Waals surface area contributed by atoms with Crippen molar-refractivity contribution in [3.05, 3.63) is 77.9 Å². The second-order valence-electron chi connectivity index (χ2n) is 7.63. The van der Waals surface area contributed by atoms with Crippen LogP contribution in [0.25, 0.3) is 11.4 Å². The van der Waals surface area contributed by atoms with Gasteiger partial charge in [0.15, 0.2) is 5.16 Å². The van der Waals surface area contributed by atoms with Crippen LogP contribution in [0.2, 0.25) is 0 Å². The van der Waals surface area contributed by atoms with Gasteiger partial charge in [0.1, 0.15) is 11.9 Å². The van der Waals surface area contributed by atoms with Crippen LogP contribution in [0.1, 0.15) is 35.5 Å². The van der Waals surface area contributed by atoms with Crippen molar-refractivity contribution in [2.45, 2.75) is 32.3 Å². The fraction of sp³-hybridized carbons (Fsp3) is 0.240. The van der Waals surface area contributed by atoms with E-state index in [1.54, 1.807) is 37.0 Å². The number of rotatable bonds is 9. The number of hydrogen-bond acceptors (Lipinski definition) is 7. The first-order valence-corrected chi connectivity index (χ1v) is 12.2. The molecule has 180 valence electrons. The lowest BCUT2D eigenvalue weighted by molar-refractivity contribution is -0.113. The standard InChI is InChI=1S/C25H26N6O3S/c1-4-18-9-6-7-12-22(18)30-16-26-29-25(30)35-15-23(32)28-19-10-8-11-20(13-19)31-17(3)21(14-27-31)24(33)34-5-2/h6-14,16H,4-5,15H2,1-3H3,(H,28,32). The van der Waals surface area contributed by atoms with Crippen LogP contribution < -0.4 is 5.32 Å². The zero-order valence-corrected chi connectivity index (χ0v) is 20.6. The molecule has 4 aromatic rings. The van der Waals surface area contributed by atoms with Crippen LogP contribution in [0.4, 0.5) is 5.69 Å². The highest BCUT2D eigenvalue weighted by Gasteiger charge is 2.17. The van der Waals surface area contributed by atoms with E-state index in [1.807, 2.05) is 34.9 Å². The Hall–Kier alpha value is -3.92. The van der Waals surface area contributed by atoms with Crippen molar-refractivity contribution >= 4 is 29.3 Å². The van der Waals surface area contributed by atoms with Gasteiger partial charge in [-0.25, -0.2) is 9.48 Å². The average molecular weight is 491 g/mol. The zero-order chi connectivity index (χ0) is 24.8. The van der Waals surface area contributed by atoms with E-state index in [0.29, 0.717) is 28.7 Å². The Kier molecular flexibility index (Phi) is 7.61. The minimum absolute atomic E-state index is 0.171. The molecule has 1 N–H and O–H groups in total. The summed E-state index contributed by atoms with van der Waals surface area (Å²) in [7, 11) is 0. The van der Waals surface area contributed by atoms with Crippen LogP contribution in [0.5, 0.6) is 0 Å². The Labute approximate surface area is 207 Å². The summed E-state index contributed by atoms with van der Waals surface area (Å²) >= 11 is 1.32. The van der Waals surface area contributed by atoms with Gasteiger partial charge in [-0.2, -0.15) is 5.10 Å². The van der Waals surface area contributed by atoms with Gasteiger partial charge in [0.05, 0.1) is 35.6 Å². The van der Waals surface area contributed by atoms with Crippen molar-refractivity contribution in [1.82, 2.24) is 24.5 Å². The molecule has 0 spiro atoms. The first-order valence-electron chi connectivity index (χ1n) is 11.2. The number of esters is 1. The third-order valence-electron chi connectivity index (χ3n) is 5.36. The zero-order valence-electron chi connectivity index (χ0n) is 19.8. The minimum Gasteiger partial charge on any atom is -0.462 e. The van der Waals surface area contributed by atoms with Crippen molar-refractivity contribution < 1.29 is 14.3 Å². The number of amides is 1. The summed E-state index contributed by atoms with van der Waals surface area (Å²) in [5, 5.41) is 16.1. The molecule has 0 fully saturated rings. The number of thioether (sulfide) groups is 1. The molecule has 0 saturated heterocycles. The SMILES string of the molecule is CCOC(=O)c1cnn(-c2cccc(NC(=O)CSc3nncn3-c3ccccc3CC)c2)c1C. The van der Waals surface area contributed by atoms with E-state index in [1.165, 1.54) is 23.5 Å². The number of aromatic nitrogens is 5. The van der Waals surface area contributed by atoms with Crippen LogP contribution in [0.15, 0.2) is 66.2 Å². The number of nitrogens with zero attached hydrogens (tertiary/aromatic N) is 5. The Balaban J connectivity index is 1.43. The van der Waals surface area contributed by atoms with Crippen LogP contribution >= 0.6 is 11.8 Å². The molecular weight excluding hydrogens is 464 g/mol. The maximum Gasteiger partial charge on any atom is 0.341 e. The van der Waals surface area contributed by atoms with Gasteiger partial charge in [-0.3, -0.25) is 9.36 Å². The number of benzene rings is 2. The lowest BCUT2D eigenvalue weighted by atomic mass is 10.1. The number of hydrogen-bond donors (Lipinski definition) is 1. The minimum atomic E-state index is -0.410. The Morgan fingerprint density at radius 2 is 1.94 bits per heavy atom. The van der Waals surface area contributed by atoms with Gasteiger partial charge in [-0.1, -0.05) is 43.0 Å². The first-order chi connectivity index (χ1) is 17.0. The molecule has 2 aromatic heterocycles. The van der Waals surface area contributed by atoms with Crippen molar-refractivity contribution in [2.24, 2.45) is 0 Å². The molecule has 35 heavy (non-hydrogen) atoms. The van der Waals surface area contributed by atoms with E-state index in [2.05, 4.69) is 33.6 Å². The fourth-order valence-electron chi connectivity index (χ4n) is 3.65. The van der Waals surface area contributed by atoms with Crippen molar-refractivity contribution in [3.63, 3.8) is 0 Å². The van der Waals surface area contributed by atoms with Crippen molar-refractivity contribution in [1.29, 1.82) is 0 Å². The molecular formula is C25H26N6O3S. The number of ether oxygens (including phenoxy) is 1. The van der Waals surface area contributed by atoms with Gasteiger partial charge in [0.25, 0.3) is 0 Å². The maximum absolute atomic E-state index is 12.7. The van der Waals surface area contributed by atoms with Gasteiger partial charge in [-0.15, -0.1) is 10.2 Å². The maximum atomic E-state index is 12.7. The van der Waals surface area contributed by atoms with Gasteiger partial charge in [0.2, 0.25) is 5.91 Å². The molecule has 0 radical (unpaired) electrons. The Morgan fingerprint density at radius 3 is 2.74 bits per heavy atom. The quantitative estimate of drug-likeness (QED) is 0.277. The molecule has 4 rings (SSSR count). The fourth-order valence-corrected chi connectivity index (χ4v) is 4.38. The predicted molar refractivity (Wildman–Crippen MR) is 134 cm³/mol. The highest BCUT2D eigenvalue weighted by Crippen LogP contribution is 2.23. The van der Waals surface area contributed by atoms with Crippen LogP contribution in [-0.4, -0.2) is 48.8 Å². The molecule has 0 saturated carbocycles. The third-order valence-corrected chi connectivity index (χ3v) is 6.30. The lowest BCUT2D eigenvalue weighted by Gasteiger charge is -2.11. The molecule has 0 atom stereocenters. The van der Waals surface area contributed by atoms with Crippen molar-refractivity contribution in [2.75, 3.05) is 17.7 Å². The van der Waals surface area contributed by atoms with Crippen molar-refractivity contribution in [3.8, 4) is 11.4 Å². The first kappa shape index (κ1) is 24.2. The second-order valence-corrected chi connectivity index (χ2v) is 8.57. The average Bonchev–Trinajstić information content (AvgIpc) is 3.49. The van der Waals surface area contributed by atoms with E-state index in [-0.39, 0.29) is 11.7 Å². The van der Waals surface area contributed by atoms with Crippen LogP contribution in [-0.2, 0) is 16.0 Å². The molecule has 1 amide bonds. The van der Waals surface area contributed by atoms with E-state index in [9.17, 15) is 9.59 Å². The molecule has 0 unspecified atom stereocenters. The molecule has 10 heteroatoms. The lowest BCUT2D eigenvalue weighted by Crippen LogP contribution is -2.15. The summed E-state index contributed by atoms with van der Waals surface area (Å²) in [4.78, 5) is 24.8. The summed E-state index contributed by atoms with van der Waals surface area (Å²) in [5.41, 5.74) is 4.60. The highest BCUT2D eigenvalue weighted by atomic mass is 32.2. The predicted octanol–water partition coefficient (Wildman–Crippen LogP) is 4.23. The molecule has 0 aliphatic carbocycles. The normalized spacial score (nSPS) is 10.8. The molecule has 0 bridgehead atoms. The summed E-state index contributed by atoms with van der Waals surface area (Å²) in [6.45, 7) is 5.95. The number of aryl methyl sites for hydroxylation is 1. The topological polar surface area (TPSA) is 104 Å². The number of nitrogens with one attached hydrogen (secondary N) is 1. The third kappa shape index (κ3) is 5.43. The van der Waals surface area contributed by atoms with Gasteiger partial charge in [-0.05, 0) is 50.1 Å². The molecule has 2 heterocycles. The monoisotopic (exact) mass is 490 g/mol. The van der Waals surface area contributed by atoms with Gasteiger partial charge >= 0.3 is 5.97 Å². The number of carbonyl (C=O) groups is 2. The Morgan fingerprint density at radius 1 is 1.11 bits per heavy atom. The van der Waals surface area contributed by atoms with Gasteiger partial charge < -0.3 is 10.1 Å². The second kappa shape index (κ2) is 11.0. The summed E-state index contributed by atoms with van der Waals surface area (Å²) < 4.78 is 8.62.